The van der Waals surface area contributed by atoms with E-state index in [2.05, 4.69) is 48.0 Å². The number of rotatable bonds is 8. The molecule has 0 radical (unpaired) electrons. The van der Waals surface area contributed by atoms with E-state index in [1.807, 2.05) is 17.3 Å². The van der Waals surface area contributed by atoms with Gasteiger partial charge in [0.25, 0.3) is 0 Å². The Hall–Kier alpha value is -2.33. The standard InChI is InChI=1S/C26H37N5O3S2.CH4/c1-5-21(32)29-18-9-11-31(12-10-18)24(33)17-7-6-8-19(13-17)30-25-28-15-23(36-25)35-16-22-27-14-20(34-22)26(2,3)4;/h5,14-15,17-19H,1,6-13,16H2,2-4H3,(H,28,30)(H,29,32);1H4. The third kappa shape index (κ3) is 8.07. The summed E-state index contributed by atoms with van der Waals surface area (Å²) in [6.07, 6.45) is 10.5. The fraction of sp³-hybridized carbons (Fsp3) is 0.630. The predicted octanol–water partition coefficient (Wildman–Crippen LogP) is 5.62. The molecule has 2 amide bonds. The molecule has 8 nitrogen and oxygen atoms in total. The molecule has 1 saturated heterocycles. The van der Waals surface area contributed by atoms with Gasteiger partial charge in [-0.2, -0.15) is 0 Å². The van der Waals surface area contributed by atoms with E-state index in [4.69, 9.17) is 4.42 Å². The van der Waals surface area contributed by atoms with Crippen molar-refractivity contribution in [3.63, 3.8) is 0 Å². The average Bonchev–Trinajstić information content (AvgIpc) is 3.52. The monoisotopic (exact) mass is 547 g/mol. The van der Waals surface area contributed by atoms with Gasteiger partial charge in [0.05, 0.1) is 22.4 Å². The van der Waals surface area contributed by atoms with Crippen molar-refractivity contribution in [2.45, 2.75) is 94.2 Å². The first-order chi connectivity index (χ1) is 17.2. The number of anilines is 1. The van der Waals surface area contributed by atoms with Crippen molar-refractivity contribution in [3.05, 3.63) is 36.7 Å². The molecule has 204 valence electrons. The lowest BCUT2D eigenvalue weighted by Crippen LogP contribution is -2.48. The molecule has 2 N–H and O–H groups in total. The SMILES string of the molecule is C.C=CC(=O)NC1CCN(C(=O)C2CCCC(Nc3ncc(SCc4ncc(C(C)(C)C)o4)s3)C2)CC1. The van der Waals surface area contributed by atoms with E-state index in [0.29, 0.717) is 18.8 Å². The van der Waals surface area contributed by atoms with Crippen LogP contribution >= 0.6 is 23.1 Å². The number of amides is 2. The van der Waals surface area contributed by atoms with Crippen molar-refractivity contribution < 1.29 is 14.0 Å². The number of thiazole rings is 1. The van der Waals surface area contributed by atoms with Crippen molar-refractivity contribution in [1.29, 1.82) is 0 Å². The van der Waals surface area contributed by atoms with Crippen LogP contribution < -0.4 is 10.6 Å². The fourth-order valence-corrected chi connectivity index (χ4v) is 6.53. The first-order valence-electron chi connectivity index (χ1n) is 12.7. The molecule has 0 bridgehead atoms. The zero-order chi connectivity index (χ0) is 25.7. The molecule has 1 saturated carbocycles. The molecule has 2 unspecified atom stereocenters. The average molecular weight is 548 g/mol. The van der Waals surface area contributed by atoms with E-state index in [1.165, 1.54) is 6.08 Å². The smallest absolute Gasteiger partial charge is 0.243 e. The van der Waals surface area contributed by atoms with Gasteiger partial charge in [-0.3, -0.25) is 9.59 Å². The summed E-state index contributed by atoms with van der Waals surface area (Å²) in [5, 5.41) is 7.42. The second kappa shape index (κ2) is 13.0. The summed E-state index contributed by atoms with van der Waals surface area (Å²) in [5.74, 6) is 2.46. The Labute approximate surface area is 229 Å². The van der Waals surface area contributed by atoms with Crippen LogP contribution in [0.25, 0.3) is 0 Å². The Kier molecular flexibility index (Phi) is 10.2. The lowest BCUT2D eigenvalue weighted by molar-refractivity contribution is -0.137. The van der Waals surface area contributed by atoms with Gasteiger partial charge >= 0.3 is 0 Å². The maximum Gasteiger partial charge on any atom is 0.243 e. The minimum Gasteiger partial charge on any atom is -0.444 e. The highest BCUT2D eigenvalue weighted by Crippen LogP contribution is 2.34. The van der Waals surface area contributed by atoms with Crippen LogP contribution in [0.1, 0.15) is 78.4 Å². The Balaban J connectivity index is 0.00000380. The van der Waals surface area contributed by atoms with Gasteiger partial charge in [0.2, 0.25) is 17.7 Å². The number of oxazole rings is 1. The number of aromatic nitrogens is 2. The highest BCUT2D eigenvalue weighted by atomic mass is 32.2. The Bertz CT molecular complexity index is 1050. The lowest BCUT2D eigenvalue weighted by atomic mass is 9.84. The van der Waals surface area contributed by atoms with Crippen LogP contribution in [-0.2, 0) is 20.8 Å². The van der Waals surface area contributed by atoms with Crippen molar-refractivity contribution in [2.24, 2.45) is 5.92 Å². The molecule has 2 fully saturated rings. The molecule has 2 aromatic rings. The second-order valence-electron chi connectivity index (χ2n) is 10.7. The minimum atomic E-state index is -0.142. The zero-order valence-corrected chi connectivity index (χ0v) is 23.1. The quantitative estimate of drug-likeness (QED) is 0.327. The summed E-state index contributed by atoms with van der Waals surface area (Å²) in [4.78, 5) is 35.7. The summed E-state index contributed by atoms with van der Waals surface area (Å²) >= 11 is 3.31. The number of nitrogens with zero attached hydrogens (tertiary/aromatic N) is 3. The molecule has 2 aromatic heterocycles. The molecule has 10 heteroatoms. The molecular weight excluding hydrogens is 506 g/mol. The third-order valence-electron chi connectivity index (χ3n) is 6.80. The number of hydrogen-bond donors (Lipinski definition) is 2. The Morgan fingerprint density at radius 3 is 2.62 bits per heavy atom. The summed E-state index contributed by atoms with van der Waals surface area (Å²) in [6.45, 7) is 11.2. The first kappa shape index (κ1) is 29.2. The van der Waals surface area contributed by atoms with Crippen LogP contribution in [-0.4, -0.2) is 51.9 Å². The van der Waals surface area contributed by atoms with Crippen LogP contribution in [0.15, 0.2) is 33.7 Å². The Morgan fingerprint density at radius 2 is 1.95 bits per heavy atom. The lowest BCUT2D eigenvalue weighted by Gasteiger charge is -2.37. The van der Waals surface area contributed by atoms with Gasteiger partial charge in [0, 0.05) is 36.5 Å². The summed E-state index contributed by atoms with van der Waals surface area (Å²) in [7, 11) is 0. The van der Waals surface area contributed by atoms with E-state index in [1.54, 1.807) is 23.1 Å². The summed E-state index contributed by atoms with van der Waals surface area (Å²) < 4.78 is 7.00. The maximum atomic E-state index is 13.2. The molecule has 4 rings (SSSR count). The van der Waals surface area contributed by atoms with Gasteiger partial charge in [-0.25, -0.2) is 9.97 Å². The fourth-order valence-electron chi connectivity index (χ4n) is 4.73. The number of carbonyl (C=O) groups is 2. The van der Waals surface area contributed by atoms with Gasteiger partial charge in [-0.05, 0) is 38.2 Å². The third-order valence-corrected chi connectivity index (χ3v) is 8.91. The maximum absolute atomic E-state index is 13.2. The summed E-state index contributed by atoms with van der Waals surface area (Å²) in [5.41, 5.74) is -0.0454. The Morgan fingerprint density at radius 1 is 1.19 bits per heavy atom. The van der Waals surface area contributed by atoms with Crippen LogP contribution in [0.3, 0.4) is 0 Å². The van der Waals surface area contributed by atoms with E-state index >= 15 is 0 Å². The topological polar surface area (TPSA) is 100 Å². The largest absolute Gasteiger partial charge is 0.444 e. The number of carbonyl (C=O) groups excluding carboxylic acids is 2. The van der Waals surface area contributed by atoms with Crippen LogP contribution in [0.2, 0.25) is 0 Å². The zero-order valence-electron chi connectivity index (χ0n) is 21.4. The highest BCUT2D eigenvalue weighted by molar-refractivity contribution is 8.00. The van der Waals surface area contributed by atoms with E-state index in [9.17, 15) is 9.59 Å². The molecule has 2 aliphatic rings. The molecule has 3 heterocycles. The summed E-state index contributed by atoms with van der Waals surface area (Å²) in [6, 6.07) is 0.378. The molecule has 37 heavy (non-hydrogen) atoms. The number of nitrogens with one attached hydrogen (secondary N) is 2. The normalized spacial score (nSPS) is 20.7. The molecule has 1 aliphatic heterocycles. The van der Waals surface area contributed by atoms with Crippen molar-refractivity contribution in [2.75, 3.05) is 18.4 Å². The number of thioether (sulfide) groups is 1. The van der Waals surface area contributed by atoms with Gasteiger partial charge in [-0.15, -0.1) is 11.8 Å². The van der Waals surface area contributed by atoms with E-state index < -0.39 is 0 Å². The van der Waals surface area contributed by atoms with E-state index in [-0.39, 0.29) is 42.7 Å². The predicted molar refractivity (Wildman–Crippen MR) is 151 cm³/mol. The van der Waals surface area contributed by atoms with Gasteiger partial charge in [0.1, 0.15) is 5.76 Å². The van der Waals surface area contributed by atoms with Gasteiger partial charge < -0.3 is 20.0 Å². The van der Waals surface area contributed by atoms with Gasteiger partial charge in [0.15, 0.2) is 5.13 Å². The molecule has 0 spiro atoms. The van der Waals surface area contributed by atoms with Crippen LogP contribution in [0.5, 0.6) is 0 Å². The molecule has 0 aromatic carbocycles. The number of hydrogen-bond acceptors (Lipinski definition) is 8. The first-order valence-corrected chi connectivity index (χ1v) is 14.5. The number of likely N-dealkylation sites (tertiary alicyclic amines) is 1. The van der Waals surface area contributed by atoms with Crippen LogP contribution in [0, 0.1) is 5.92 Å². The minimum absolute atomic E-state index is 0. The second-order valence-corrected chi connectivity index (χ2v) is 13.0. The van der Waals surface area contributed by atoms with Gasteiger partial charge in [-0.1, -0.05) is 52.5 Å². The molecule has 2 atom stereocenters. The number of piperidine rings is 1. The van der Waals surface area contributed by atoms with Crippen molar-refractivity contribution in [3.8, 4) is 0 Å². The van der Waals surface area contributed by atoms with Crippen LogP contribution in [0.4, 0.5) is 5.13 Å². The van der Waals surface area contributed by atoms with Crippen molar-refractivity contribution >= 4 is 40.0 Å². The molecule has 1 aliphatic carbocycles. The van der Waals surface area contributed by atoms with Crippen molar-refractivity contribution in [1.82, 2.24) is 20.2 Å². The highest BCUT2D eigenvalue weighted by Gasteiger charge is 2.32. The van der Waals surface area contributed by atoms with E-state index in [0.717, 1.165) is 59.5 Å². The molecular formula is C27H41N5O3S2.